The Bertz CT molecular complexity index is 587. The SMILES string of the molecule is Cc1cc(C(O)Cc2c(Cl)c(C)nn2C)cc(C)n1. The van der Waals surface area contributed by atoms with Crippen LogP contribution < -0.4 is 0 Å². The first-order valence-electron chi connectivity index (χ1n) is 6.19. The molecular formula is C14H18ClN3O. The van der Waals surface area contributed by atoms with Crippen LogP contribution in [0.15, 0.2) is 12.1 Å². The summed E-state index contributed by atoms with van der Waals surface area (Å²) < 4.78 is 1.72. The van der Waals surface area contributed by atoms with Crippen LogP contribution in [0, 0.1) is 20.8 Å². The first-order chi connectivity index (χ1) is 8.88. The molecule has 1 unspecified atom stereocenters. The van der Waals surface area contributed by atoms with Gasteiger partial charge in [0.25, 0.3) is 0 Å². The quantitative estimate of drug-likeness (QED) is 0.940. The van der Waals surface area contributed by atoms with E-state index in [1.54, 1.807) is 4.68 Å². The number of rotatable bonds is 3. The van der Waals surface area contributed by atoms with E-state index in [0.29, 0.717) is 11.4 Å². The molecule has 0 aliphatic rings. The van der Waals surface area contributed by atoms with Crippen molar-refractivity contribution in [2.75, 3.05) is 0 Å². The average molecular weight is 280 g/mol. The van der Waals surface area contributed by atoms with Crippen molar-refractivity contribution in [3.8, 4) is 0 Å². The fourth-order valence-electron chi connectivity index (χ4n) is 2.26. The Morgan fingerprint density at radius 1 is 1.26 bits per heavy atom. The molecule has 5 heteroatoms. The van der Waals surface area contributed by atoms with Gasteiger partial charge >= 0.3 is 0 Å². The zero-order chi connectivity index (χ0) is 14.2. The summed E-state index contributed by atoms with van der Waals surface area (Å²) >= 11 is 6.20. The molecule has 0 aliphatic heterocycles. The summed E-state index contributed by atoms with van der Waals surface area (Å²) in [5, 5.41) is 15.2. The molecule has 0 radical (unpaired) electrons. The summed E-state index contributed by atoms with van der Waals surface area (Å²) in [6.07, 6.45) is -0.160. The highest BCUT2D eigenvalue weighted by Crippen LogP contribution is 2.26. The topological polar surface area (TPSA) is 50.9 Å². The minimum absolute atomic E-state index is 0.444. The molecule has 0 spiro atoms. The second kappa shape index (κ2) is 5.31. The second-order valence-electron chi connectivity index (χ2n) is 4.87. The molecule has 0 saturated heterocycles. The van der Waals surface area contributed by atoms with Crippen LogP contribution in [0.2, 0.25) is 5.02 Å². The first-order valence-corrected chi connectivity index (χ1v) is 6.57. The fraction of sp³-hybridized carbons (Fsp3) is 0.429. The molecular weight excluding hydrogens is 262 g/mol. The number of pyridine rings is 1. The third-order valence-corrected chi connectivity index (χ3v) is 3.63. The van der Waals surface area contributed by atoms with E-state index in [1.165, 1.54) is 0 Å². The minimum atomic E-state index is -0.604. The third-order valence-electron chi connectivity index (χ3n) is 3.14. The van der Waals surface area contributed by atoms with E-state index < -0.39 is 6.10 Å². The van der Waals surface area contributed by atoms with Crippen molar-refractivity contribution in [1.82, 2.24) is 14.8 Å². The van der Waals surface area contributed by atoms with Crippen LogP contribution in [0.3, 0.4) is 0 Å². The van der Waals surface area contributed by atoms with Gasteiger partial charge in [-0.15, -0.1) is 0 Å². The van der Waals surface area contributed by atoms with Crippen molar-refractivity contribution in [2.24, 2.45) is 7.05 Å². The molecule has 0 saturated carbocycles. The van der Waals surface area contributed by atoms with Crippen molar-refractivity contribution in [3.05, 3.63) is 45.5 Å². The van der Waals surface area contributed by atoms with E-state index in [4.69, 9.17) is 11.6 Å². The lowest BCUT2D eigenvalue weighted by molar-refractivity contribution is 0.175. The van der Waals surface area contributed by atoms with E-state index in [9.17, 15) is 5.11 Å². The van der Waals surface area contributed by atoms with Crippen LogP contribution in [0.25, 0.3) is 0 Å². The smallest absolute Gasteiger partial charge is 0.0848 e. The lowest BCUT2D eigenvalue weighted by atomic mass is 10.0. The molecule has 2 heterocycles. The molecule has 2 rings (SSSR count). The number of aromatic nitrogens is 3. The van der Waals surface area contributed by atoms with Gasteiger partial charge in [-0.1, -0.05) is 11.6 Å². The van der Waals surface area contributed by atoms with Crippen molar-refractivity contribution in [1.29, 1.82) is 0 Å². The summed E-state index contributed by atoms with van der Waals surface area (Å²) in [5.41, 5.74) is 4.30. The normalized spacial score (nSPS) is 12.7. The Hall–Kier alpha value is -1.39. The zero-order valence-electron chi connectivity index (χ0n) is 11.6. The maximum atomic E-state index is 10.4. The molecule has 2 aromatic rings. The van der Waals surface area contributed by atoms with Crippen molar-refractivity contribution in [3.63, 3.8) is 0 Å². The zero-order valence-corrected chi connectivity index (χ0v) is 12.4. The molecule has 2 aromatic heterocycles. The molecule has 0 bridgehead atoms. The van der Waals surface area contributed by atoms with Crippen molar-refractivity contribution < 1.29 is 5.11 Å². The lowest BCUT2D eigenvalue weighted by Crippen LogP contribution is -2.08. The average Bonchev–Trinajstić information content (AvgIpc) is 2.54. The predicted octanol–water partition coefficient (Wildman–Crippen LogP) is 2.67. The monoisotopic (exact) mass is 279 g/mol. The number of aliphatic hydroxyl groups excluding tert-OH is 1. The van der Waals surface area contributed by atoms with Gasteiger partial charge in [-0.05, 0) is 38.5 Å². The van der Waals surface area contributed by atoms with Gasteiger partial charge in [0.2, 0.25) is 0 Å². The number of hydrogen-bond donors (Lipinski definition) is 1. The Morgan fingerprint density at radius 3 is 2.32 bits per heavy atom. The molecule has 0 aliphatic carbocycles. The van der Waals surface area contributed by atoms with Crippen LogP contribution in [0.4, 0.5) is 0 Å². The van der Waals surface area contributed by atoms with Gasteiger partial charge in [-0.2, -0.15) is 5.10 Å². The van der Waals surface area contributed by atoms with Crippen LogP contribution in [0.5, 0.6) is 0 Å². The summed E-state index contributed by atoms with van der Waals surface area (Å²) in [6, 6.07) is 3.80. The number of nitrogens with zero attached hydrogens (tertiary/aromatic N) is 3. The summed E-state index contributed by atoms with van der Waals surface area (Å²) in [5.74, 6) is 0. The Kier molecular flexibility index (Phi) is 3.92. The second-order valence-corrected chi connectivity index (χ2v) is 5.25. The maximum Gasteiger partial charge on any atom is 0.0848 e. The van der Waals surface area contributed by atoms with Gasteiger partial charge in [0.05, 0.1) is 22.5 Å². The molecule has 0 amide bonds. The van der Waals surface area contributed by atoms with Gasteiger partial charge < -0.3 is 5.11 Å². The van der Waals surface area contributed by atoms with E-state index in [1.807, 2.05) is 40.0 Å². The summed E-state index contributed by atoms with van der Waals surface area (Å²) in [6.45, 7) is 5.70. The predicted molar refractivity (Wildman–Crippen MR) is 75.3 cm³/mol. The summed E-state index contributed by atoms with van der Waals surface area (Å²) in [4.78, 5) is 4.31. The lowest BCUT2D eigenvalue weighted by Gasteiger charge is -2.13. The number of aryl methyl sites for hydroxylation is 4. The summed E-state index contributed by atoms with van der Waals surface area (Å²) in [7, 11) is 1.84. The van der Waals surface area contributed by atoms with Crippen molar-refractivity contribution in [2.45, 2.75) is 33.3 Å². The number of halogens is 1. The van der Waals surface area contributed by atoms with Crippen LogP contribution in [-0.2, 0) is 13.5 Å². The van der Waals surface area contributed by atoms with Gasteiger partial charge in [0, 0.05) is 24.9 Å². The van der Waals surface area contributed by atoms with E-state index >= 15 is 0 Å². The molecule has 1 N–H and O–H groups in total. The highest BCUT2D eigenvalue weighted by Gasteiger charge is 2.17. The van der Waals surface area contributed by atoms with E-state index in [2.05, 4.69) is 10.1 Å². The molecule has 4 nitrogen and oxygen atoms in total. The number of aliphatic hydroxyl groups is 1. The largest absolute Gasteiger partial charge is 0.388 e. The van der Waals surface area contributed by atoms with Gasteiger partial charge in [0.1, 0.15) is 0 Å². The minimum Gasteiger partial charge on any atom is -0.388 e. The molecule has 0 aromatic carbocycles. The Labute approximate surface area is 118 Å². The standard InChI is InChI=1S/C14H18ClN3O/c1-8-5-11(6-9(2)16-8)13(19)7-12-14(15)10(3)17-18(12)4/h5-6,13,19H,7H2,1-4H3. The number of hydrogen-bond acceptors (Lipinski definition) is 3. The van der Waals surface area contributed by atoms with E-state index in [0.717, 1.165) is 28.3 Å². The van der Waals surface area contributed by atoms with Crippen LogP contribution >= 0.6 is 11.6 Å². The fourth-order valence-corrected chi connectivity index (χ4v) is 2.50. The van der Waals surface area contributed by atoms with Gasteiger partial charge in [-0.25, -0.2) is 0 Å². The third kappa shape index (κ3) is 2.96. The highest BCUT2D eigenvalue weighted by atomic mass is 35.5. The van der Waals surface area contributed by atoms with E-state index in [-0.39, 0.29) is 0 Å². The first kappa shape index (κ1) is 14.0. The van der Waals surface area contributed by atoms with Crippen molar-refractivity contribution >= 4 is 11.6 Å². The molecule has 19 heavy (non-hydrogen) atoms. The molecule has 0 fully saturated rings. The Morgan fingerprint density at radius 2 is 1.84 bits per heavy atom. The Balaban J connectivity index is 2.27. The van der Waals surface area contributed by atoms with Gasteiger partial charge in [-0.3, -0.25) is 9.67 Å². The molecule has 102 valence electrons. The molecule has 1 atom stereocenters. The van der Waals surface area contributed by atoms with Gasteiger partial charge in [0.15, 0.2) is 0 Å². The van der Waals surface area contributed by atoms with Crippen LogP contribution in [0.1, 0.15) is 34.4 Å². The highest BCUT2D eigenvalue weighted by molar-refractivity contribution is 6.31. The maximum absolute atomic E-state index is 10.4. The van der Waals surface area contributed by atoms with Crippen LogP contribution in [-0.4, -0.2) is 19.9 Å².